The Kier molecular flexibility index (Phi) is 5.29. The Labute approximate surface area is 193 Å². The van der Waals surface area contributed by atoms with Crippen molar-refractivity contribution in [2.45, 2.75) is 0 Å². The number of rotatable bonds is 4. The Morgan fingerprint density at radius 1 is 0.879 bits per heavy atom. The topological polar surface area (TPSA) is 106 Å². The third kappa shape index (κ3) is 4.43. The number of nitro groups is 1. The molecular weight excluding hydrogens is 436 g/mol. The Morgan fingerprint density at radius 3 is 2.45 bits per heavy atom. The molecule has 0 radical (unpaired) electrons. The van der Waals surface area contributed by atoms with Gasteiger partial charge in [0.2, 0.25) is 0 Å². The Morgan fingerprint density at radius 2 is 1.67 bits per heavy atom. The number of hydrogen-bond acceptors (Lipinski definition) is 6. The van der Waals surface area contributed by atoms with E-state index in [2.05, 4.69) is 49.9 Å². The van der Waals surface area contributed by atoms with Crippen molar-refractivity contribution in [3.05, 3.63) is 95.2 Å². The number of hydrogen-bond donors (Lipinski definition) is 2. The Balaban J connectivity index is 1.36. The van der Waals surface area contributed by atoms with Crippen LogP contribution in [0.4, 0.5) is 17.2 Å². The van der Waals surface area contributed by atoms with Gasteiger partial charge in [-0.1, -0.05) is 36.4 Å². The number of fused-ring (bicyclic) bond motifs is 2. The van der Waals surface area contributed by atoms with Gasteiger partial charge in [-0.15, -0.1) is 0 Å². The summed E-state index contributed by atoms with van der Waals surface area (Å²) < 4.78 is 0. The number of benzene rings is 3. The van der Waals surface area contributed by atoms with Gasteiger partial charge in [0.25, 0.3) is 5.69 Å². The number of anilines is 2. The molecule has 9 heteroatoms. The average molecular weight is 452 g/mol. The van der Waals surface area contributed by atoms with E-state index < -0.39 is 4.92 Å². The fraction of sp³-hybridized carbons (Fsp3) is 0. The van der Waals surface area contributed by atoms with E-state index in [1.54, 1.807) is 24.4 Å². The minimum atomic E-state index is -0.452. The van der Waals surface area contributed by atoms with E-state index in [1.807, 2.05) is 24.3 Å². The van der Waals surface area contributed by atoms with Crippen molar-refractivity contribution in [3.8, 4) is 11.3 Å². The number of nitrogens with zero attached hydrogens (tertiary/aromatic N) is 4. The first-order valence-corrected chi connectivity index (χ1v) is 10.4. The van der Waals surface area contributed by atoms with Crippen molar-refractivity contribution in [2.75, 3.05) is 10.6 Å². The van der Waals surface area contributed by atoms with Crippen molar-refractivity contribution in [3.63, 3.8) is 0 Å². The standard InChI is InChI=1S/C24H16N6O2S/c31-30(32)19-9-7-18(8-10-19)26-24(33)29-22-12-11-20-23(28-22)27-21(14-25-20)17-6-5-15-3-1-2-4-16(15)13-17/h1-14H,(H2,26,27,28,29,33). The second-order valence-electron chi connectivity index (χ2n) is 7.24. The van der Waals surface area contributed by atoms with Gasteiger partial charge in [-0.25, -0.2) is 9.97 Å². The van der Waals surface area contributed by atoms with Gasteiger partial charge >= 0.3 is 0 Å². The van der Waals surface area contributed by atoms with Crippen LogP contribution in [-0.2, 0) is 0 Å². The lowest BCUT2D eigenvalue weighted by molar-refractivity contribution is -0.384. The fourth-order valence-corrected chi connectivity index (χ4v) is 3.62. The highest BCUT2D eigenvalue weighted by Crippen LogP contribution is 2.24. The molecule has 8 nitrogen and oxygen atoms in total. The second kappa shape index (κ2) is 8.56. The van der Waals surface area contributed by atoms with E-state index >= 15 is 0 Å². The lowest BCUT2D eigenvalue weighted by Gasteiger charge is -2.10. The van der Waals surface area contributed by atoms with Crippen molar-refractivity contribution >= 4 is 56.5 Å². The summed E-state index contributed by atoms with van der Waals surface area (Å²) in [5.74, 6) is 0.506. The normalized spacial score (nSPS) is 10.8. The van der Waals surface area contributed by atoms with E-state index in [0.29, 0.717) is 27.8 Å². The van der Waals surface area contributed by atoms with E-state index in [4.69, 9.17) is 12.2 Å². The van der Waals surface area contributed by atoms with Crippen LogP contribution >= 0.6 is 12.2 Å². The molecule has 2 aromatic heterocycles. The first-order valence-electron chi connectivity index (χ1n) is 10.0. The molecule has 3 aromatic carbocycles. The van der Waals surface area contributed by atoms with Gasteiger partial charge in [0.15, 0.2) is 10.8 Å². The molecule has 0 fully saturated rings. The van der Waals surface area contributed by atoms with Gasteiger partial charge in [0.05, 0.1) is 16.8 Å². The highest BCUT2D eigenvalue weighted by Gasteiger charge is 2.08. The lowest BCUT2D eigenvalue weighted by atomic mass is 10.1. The highest BCUT2D eigenvalue weighted by atomic mass is 32.1. The quantitative estimate of drug-likeness (QED) is 0.207. The minimum Gasteiger partial charge on any atom is -0.332 e. The first-order chi connectivity index (χ1) is 16.0. The van der Waals surface area contributed by atoms with Gasteiger partial charge in [0, 0.05) is 23.4 Å². The van der Waals surface area contributed by atoms with Crippen LogP contribution in [0.1, 0.15) is 0 Å². The molecule has 2 N–H and O–H groups in total. The van der Waals surface area contributed by atoms with Crippen LogP contribution in [0.3, 0.4) is 0 Å². The van der Waals surface area contributed by atoms with Crippen LogP contribution in [0.25, 0.3) is 33.2 Å². The Bertz CT molecular complexity index is 1520. The summed E-state index contributed by atoms with van der Waals surface area (Å²) in [6.07, 6.45) is 1.74. The van der Waals surface area contributed by atoms with Crippen LogP contribution < -0.4 is 10.6 Å². The molecule has 0 amide bonds. The molecule has 0 bridgehead atoms. The van der Waals surface area contributed by atoms with Crippen molar-refractivity contribution in [1.29, 1.82) is 0 Å². The van der Waals surface area contributed by atoms with E-state index in [9.17, 15) is 10.1 Å². The van der Waals surface area contributed by atoms with Crippen LogP contribution in [0.2, 0.25) is 0 Å². The summed E-state index contributed by atoms with van der Waals surface area (Å²) in [4.78, 5) is 24.1. The molecule has 0 aliphatic rings. The first kappa shape index (κ1) is 20.4. The maximum absolute atomic E-state index is 10.8. The van der Waals surface area contributed by atoms with E-state index in [0.717, 1.165) is 22.0 Å². The summed E-state index contributed by atoms with van der Waals surface area (Å²) in [6.45, 7) is 0. The highest BCUT2D eigenvalue weighted by molar-refractivity contribution is 7.80. The van der Waals surface area contributed by atoms with Gasteiger partial charge in [-0.2, -0.15) is 0 Å². The zero-order chi connectivity index (χ0) is 22.8. The predicted molar refractivity (Wildman–Crippen MR) is 133 cm³/mol. The molecule has 160 valence electrons. The van der Waals surface area contributed by atoms with Crippen LogP contribution in [0.15, 0.2) is 85.1 Å². The van der Waals surface area contributed by atoms with Gasteiger partial charge in [0.1, 0.15) is 11.3 Å². The molecule has 0 atom stereocenters. The number of pyridine rings is 1. The molecular formula is C24H16N6O2S. The van der Waals surface area contributed by atoms with Crippen LogP contribution in [-0.4, -0.2) is 25.0 Å². The summed E-state index contributed by atoms with van der Waals surface area (Å²) >= 11 is 5.34. The molecule has 0 aliphatic carbocycles. The number of nitrogens with one attached hydrogen (secondary N) is 2. The van der Waals surface area contributed by atoms with Gasteiger partial charge in [-0.3, -0.25) is 15.1 Å². The van der Waals surface area contributed by atoms with Gasteiger partial charge in [-0.05, 0) is 53.3 Å². The largest absolute Gasteiger partial charge is 0.332 e. The molecule has 5 aromatic rings. The monoisotopic (exact) mass is 452 g/mol. The zero-order valence-corrected chi connectivity index (χ0v) is 17.9. The third-order valence-corrected chi connectivity index (χ3v) is 5.23. The van der Waals surface area contributed by atoms with Gasteiger partial charge < -0.3 is 10.6 Å². The van der Waals surface area contributed by atoms with Crippen LogP contribution in [0.5, 0.6) is 0 Å². The predicted octanol–water partition coefficient (Wildman–Crippen LogP) is 5.56. The third-order valence-electron chi connectivity index (χ3n) is 5.03. The average Bonchev–Trinajstić information content (AvgIpc) is 2.83. The maximum Gasteiger partial charge on any atom is 0.269 e. The zero-order valence-electron chi connectivity index (χ0n) is 17.1. The molecule has 33 heavy (non-hydrogen) atoms. The fourth-order valence-electron chi connectivity index (χ4n) is 3.40. The molecule has 2 heterocycles. The minimum absolute atomic E-state index is 0.0106. The number of aromatic nitrogens is 3. The van der Waals surface area contributed by atoms with Crippen LogP contribution in [0, 0.1) is 10.1 Å². The van der Waals surface area contributed by atoms with E-state index in [1.165, 1.54) is 12.1 Å². The van der Waals surface area contributed by atoms with Crippen molar-refractivity contribution < 1.29 is 4.92 Å². The molecule has 0 saturated carbocycles. The summed E-state index contributed by atoms with van der Waals surface area (Å²) in [5, 5.41) is 19.4. The maximum atomic E-state index is 10.8. The summed E-state index contributed by atoms with van der Waals surface area (Å²) in [7, 11) is 0. The SMILES string of the molecule is O=[N+]([O-])c1ccc(NC(=S)Nc2ccc3ncc(-c4ccc5ccccc5c4)nc3n2)cc1. The molecule has 5 rings (SSSR count). The summed E-state index contributed by atoms with van der Waals surface area (Å²) in [6, 6.07) is 23.9. The molecule has 0 spiro atoms. The molecule has 0 aliphatic heterocycles. The summed E-state index contributed by atoms with van der Waals surface area (Å²) in [5.41, 5.74) is 3.47. The van der Waals surface area contributed by atoms with Crippen molar-refractivity contribution in [2.24, 2.45) is 0 Å². The van der Waals surface area contributed by atoms with Crippen molar-refractivity contribution in [1.82, 2.24) is 15.0 Å². The second-order valence-corrected chi connectivity index (χ2v) is 7.65. The van der Waals surface area contributed by atoms with E-state index in [-0.39, 0.29) is 5.69 Å². The smallest absolute Gasteiger partial charge is 0.269 e. The number of non-ortho nitro benzene ring substituents is 1. The lowest BCUT2D eigenvalue weighted by Crippen LogP contribution is -2.19. The Hall–Kier alpha value is -4.50. The molecule has 0 unspecified atom stereocenters. The molecule has 0 saturated heterocycles. The number of nitro benzene ring substituents is 1. The number of thiocarbonyl (C=S) groups is 1.